The van der Waals surface area contributed by atoms with Gasteiger partial charge in [-0.2, -0.15) is 0 Å². The highest BCUT2D eigenvalue weighted by atomic mass is 32.2. The van der Waals surface area contributed by atoms with Crippen LogP contribution in [0.4, 0.5) is 5.69 Å². The Kier molecular flexibility index (Phi) is 4.48. The molecule has 0 fully saturated rings. The lowest BCUT2D eigenvalue weighted by Gasteiger charge is -2.24. The summed E-state index contributed by atoms with van der Waals surface area (Å²) >= 11 is 0. The van der Waals surface area contributed by atoms with Crippen molar-refractivity contribution in [2.24, 2.45) is 0 Å². The van der Waals surface area contributed by atoms with Crippen molar-refractivity contribution in [2.75, 3.05) is 4.31 Å². The number of sulfonamides is 1. The highest BCUT2D eigenvalue weighted by Crippen LogP contribution is 2.28. The maximum Gasteiger partial charge on any atom is 0.264 e. The molecule has 5 nitrogen and oxygen atoms in total. The van der Waals surface area contributed by atoms with Crippen LogP contribution in [0.5, 0.6) is 0 Å². The number of pyridine rings is 1. The van der Waals surface area contributed by atoms with E-state index in [9.17, 15) is 8.42 Å². The molecule has 0 aliphatic rings. The molecule has 5 rings (SSSR count). The van der Waals surface area contributed by atoms with E-state index < -0.39 is 10.0 Å². The van der Waals surface area contributed by atoms with Crippen molar-refractivity contribution in [1.82, 2.24) is 9.38 Å². The van der Waals surface area contributed by atoms with Crippen LogP contribution in [-0.4, -0.2) is 17.8 Å². The van der Waals surface area contributed by atoms with Gasteiger partial charge in [-0.15, -0.1) is 0 Å². The maximum absolute atomic E-state index is 13.7. The zero-order valence-corrected chi connectivity index (χ0v) is 16.9. The van der Waals surface area contributed by atoms with Crippen molar-refractivity contribution in [2.45, 2.75) is 11.4 Å². The quantitative estimate of drug-likeness (QED) is 0.413. The topological polar surface area (TPSA) is 54.7 Å². The number of anilines is 1. The van der Waals surface area contributed by atoms with E-state index in [-0.39, 0.29) is 11.4 Å². The fourth-order valence-corrected chi connectivity index (χ4v) is 5.09. The monoisotopic (exact) mass is 413 g/mol. The van der Waals surface area contributed by atoms with Gasteiger partial charge in [0.1, 0.15) is 5.65 Å². The Morgan fingerprint density at radius 3 is 2.37 bits per heavy atom. The molecule has 0 bridgehead atoms. The molecule has 0 spiro atoms. The molecule has 2 heterocycles. The molecule has 2 aromatic heterocycles. The lowest BCUT2D eigenvalue weighted by molar-refractivity contribution is 0.590. The molecule has 6 heteroatoms. The van der Waals surface area contributed by atoms with Crippen molar-refractivity contribution in [3.63, 3.8) is 0 Å². The Labute approximate surface area is 174 Å². The molecule has 0 aliphatic heterocycles. The zero-order valence-electron chi connectivity index (χ0n) is 16.1. The van der Waals surface area contributed by atoms with Crippen molar-refractivity contribution in [3.8, 4) is 0 Å². The summed E-state index contributed by atoms with van der Waals surface area (Å²) in [5.41, 5.74) is 2.18. The zero-order chi connectivity index (χ0) is 20.6. The van der Waals surface area contributed by atoms with Gasteiger partial charge in [-0.25, -0.2) is 13.4 Å². The lowest BCUT2D eigenvalue weighted by atomic mass is 10.1. The average molecular weight is 414 g/mol. The SMILES string of the molecule is O=S(=O)(c1ccc2ccccc2c1)N(Cc1cnc2ccccn12)c1ccccc1. The van der Waals surface area contributed by atoms with Gasteiger partial charge < -0.3 is 4.40 Å². The minimum absolute atomic E-state index is 0.171. The maximum atomic E-state index is 13.7. The number of hydrogen-bond acceptors (Lipinski definition) is 3. The van der Waals surface area contributed by atoms with Gasteiger partial charge in [0.05, 0.1) is 29.0 Å². The fourth-order valence-electron chi connectivity index (χ4n) is 3.61. The molecule has 30 heavy (non-hydrogen) atoms. The second-order valence-electron chi connectivity index (χ2n) is 7.03. The summed E-state index contributed by atoms with van der Waals surface area (Å²) in [6, 6.07) is 27.9. The first-order chi connectivity index (χ1) is 14.6. The third kappa shape index (κ3) is 3.21. The Balaban J connectivity index is 1.63. The number of para-hydroxylation sites is 1. The second-order valence-corrected chi connectivity index (χ2v) is 8.90. The van der Waals surface area contributed by atoms with Gasteiger partial charge in [0, 0.05) is 6.20 Å². The van der Waals surface area contributed by atoms with Crippen molar-refractivity contribution in [1.29, 1.82) is 0 Å². The summed E-state index contributed by atoms with van der Waals surface area (Å²) in [5, 5.41) is 1.89. The highest BCUT2D eigenvalue weighted by Gasteiger charge is 2.26. The first kappa shape index (κ1) is 18.4. The smallest absolute Gasteiger partial charge is 0.264 e. The largest absolute Gasteiger partial charge is 0.302 e. The van der Waals surface area contributed by atoms with Crippen LogP contribution in [0.1, 0.15) is 5.69 Å². The molecule has 0 atom stereocenters. The van der Waals surface area contributed by atoms with Gasteiger partial charge in [0.2, 0.25) is 0 Å². The summed E-state index contributed by atoms with van der Waals surface area (Å²) in [4.78, 5) is 4.67. The number of aromatic nitrogens is 2. The Hall–Kier alpha value is -3.64. The van der Waals surface area contributed by atoms with Gasteiger partial charge in [0.15, 0.2) is 0 Å². The Morgan fingerprint density at radius 1 is 0.800 bits per heavy atom. The number of imidazole rings is 1. The number of rotatable bonds is 5. The van der Waals surface area contributed by atoms with E-state index >= 15 is 0 Å². The third-order valence-corrected chi connectivity index (χ3v) is 6.92. The van der Waals surface area contributed by atoms with Crippen LogP contribution >= 0.6 is 0 Å². The molecule has 0 saturated carbocycles. The van der Waals surface area contributed by atoms with E-state index in [2.05, 4.69) is 4.98 Å². The molecular weight excluding hydrogens is 394 g/mol. The van der Waals surface area contributed by atoms with E-state index in [1.54, 1.807) is 18.3 Å². The van der Waals surface area contributed by atoms with Gasteiger partial charge in [-0.05, 0) is 47.2 Å². The van der Waals surface area contributed by atoms with E-state index in [0.717, 1.165) is 22.1 Å². The molecule has 0 amide bonds. The number of benzene rings is 3. The molecule has 0 radical (unpaired) electrons. The van der Waals surface area contributed by atoms with Crippen molar-refractivity contribution < 1.29 is 8.42 Å². The molecule has 0 saturated heterocycles. The number of fused-ring (bicyclic) bond motifs is 2. The van der Waals surface area contributed by atoms with E-state index in [1.165, 1.54) is 4.31 Å². The van der Waals surface area contributed by atoms with Gasteiger partial charge >= 0.3 is 0 Å². The molecular formula is C24H19N3O2S. The van der Waals surface area contributed by atoms with Crippen LogP contribution in [0.25, 0.3) is 16.4 Å². The van der Waals surface area contributed by atoms with Crippen LogP contribution in [0, 0.1) is 0 Å². The average Bonchev–Trinajstić information content (AvgIpc) is 3.20. The van der Waals surface area contributed by atoms with Crippen LogP contribution in [0.3, 0.4) is 0 Å². The predicted octanol–water partition coefficient (Wildman–Crippen LogP) is 4.88. The first-order valence-electron chi connectivity index (χ1n) is 9.60. The summed E-state index contributed by atoms with van der Waals surface area (Å²) in [6.07, 6.45) is 3.62. The van der Waals surface area contributed by atoms with E-state index in [4.69, 9.17) is 0 Å². The molecule has 0 unspecified atom stereocenters. The Morgan fingerprint density at radius 2 is 1.53 bits per heavy atom. The summed E-state index contributed by atoms with van der Waals surface area (Å²) in [6.45, 7) is 0.171. The predicted molar refractivity (Wildman–Crippen MR) is 119 cm³/mol. The Bertz CT molecular complexity index is 1440. The highest BCUT2D eigenvalue weighted by molar-refractivity contribution is 7.92. The third-order valence-electron chi connectivity index (χ3n) is 5.15. The van der Waals surface area contributed by atoms with Gasteiger partial charge in [-0.1, -0.05) is 54.6 Å². The van der Waals surface area contributed by atoms with Crippen molar-refractivity contribution in [3.05, 3.63) is 109 Å². The summed E-state index contributed by atoms with van der Waals surface area (Å²) in [5.74, 6) is 0. The van der Waals surface area contributed by atoms with Crippen LogP contribution in [0.15, 0.2) is 108 Å². The number of hydrogen-bond donors (Lipinski definition) is 0. The summed E-state index contributed by atoms with van der Waals surface area (Å²) in [7, 11) is -3.80. The van der Waals surface area contributed by atoms with Crippen LogP contribution < -0.4 is 4.31 Å². The fraction of sp³-hybridized carbons (Fsp3) is 0.0417. The minimum Gasteiger partial charge on any atom is -0.302 e. The second kappa shape index (κ2) is 7.31. The van der Waals surface area contributed by atoms with Crippen LogP contribution in [0.2, 0.25) is 0 Å². The van der Waals surface area contributed by atoms with Crippen molar-refractivity contribution >= 4 is 32.1 Å². The standard InChI is InChI=1S/C24H19N3O2S/c28-30(29,23-14-13-19-8-4-5-9-20(19)16-23)27(21-10-2-1-3-11-21)18-22-17-25-24-12-6-7-15-26(22)24/h1-17H,18H2. The number of nitrogens with zero attached hydrogens (tertiary/aromatic N) is 3. The molecule has 148 valence electrons. The van der Waals surface area contributed by atoms with E-state index in [1.807, 2.05) is 89.5 Å². The molecule has 0 aliphatic carbocycles. The van der Waals surface area contributed by atoms with Gasteiger partial charge in [0.25, 0.3) is 10.0 Å². The first-order valence-corrected chi connectivity index (χ1v) is 11.0. The molecule has 5 aromatic rings. The molecule has 3 aromatic carbocycles. The summed E-state index contributed by atoms with van der Waals surface area (Å²) < 4.78 is 30.8. The molecule has 0 N–H and O–H groups in total. The minimum atomic E-state index is -3.80. The van der Waals surface area contributed by atoms with E-state index in [0.29, 0.717) is 5.69 Å². The normalized spacial score (nSPS) is 11.7. The van der Waals surface area contributed by atoms with Crippen LogP contribution in [-0.2, 0) is 16.6 Å². The van der Waals surface area contributed by atoms with Gasteiger partial charge in [-0.3, -0.25) is 4.31 Å². The lowest BCUT2D eigenvalue weighted by Crippen LogP contribution is -2.31.